The number of hydrogen-bond donors (Lipinski definition) is 1. The second-order valence-corrected chi connectivity index (χ2v) is 8.24. The third kappa shape index (κ3) is 3.39. The second-order valence-electron chi connectivity index (χ2n) is 8.24. The van der Waals surface area contributed by atoms with Gasteiger partial charge >= 0.3 is 0 Å². The van der Waals surface area contributed by atoms with Crippen molar-refractivity contribution in [3.63, 3.8) is 0 Å². The van der Waals surface area contributed by atoms with Crippen LogP contribution in [0.5, 0.6) is 5.75 Å². The normalized spacial score (nSPS) is 17.3. The van der Waals surface area contributed by atoms with Crippen LogP contribution in [0.25, 0.3) is 11.5 Å². The first kappa shape index (κ1) is 21.0. The number of hydrogen-bond acceptors (Lipinski definition) is 5. The number of aliphatic hydroxyl groups is 1. The average molecular weight is 440 g/mol. The molecule has 3 aromatic carbocycles. The molecule has 6 heteroatoms. The fourth-order valence-corrected chi connectivity index (χ4v) is 4.25. The third-order valence-electron chi connectivity index (χ3n) is 6.15. The van der Waals surface area contributed by atoms with Crippen molar-refractivity contribution >= 4 is 11.6 Å². The molecule has 0 bridgehead atoms. The van der Waals surface area contributed by atoms with E-state index in [4.69, 9.17) is 9.15 Å². The Morgan fingerprint density at radius 1 is 1.00 bits per heavy atom. The van der Waals surface area contributed by atoms with Crippen molar-refractivity contribution in [1.29, 1.82) is 0 Å². The van der Waals surface area contributed by atoms with Crippen molar-refractivity contribution in [2.45, 2.75) is 26.0 Å². The van der Waals surface area contributed by atoms with E-state index in [9.17, 15) is 9.90 Å². The van der Waals surface area contributed by atoms with Gasteiger partial charge < -0.3 is 19.2 Å². The van der Waals surface area contributed by atoms with E-state index >= 15 is 0 Å². The molecule has 1 aromatic heterocycles. The highest BCUT2D eigenvalue weighted by molar-refractivity contribution is 6.09. The summed E-state index contributed by atoms with van der Waals surface area (Å²) in [5, 5.41) is 11.7. The molecule has 1 aliphatic heterocycles. The maximum Gasteiger partial charge on any atom is 0.268 e. The summed E-state index contributed by atoms with van der Waals surface area (Å²) in [5.41, 5.74) is 2.54. The smallest absolute Gasteiger partial charge is 0.268 e. The zero-order valence-electron chi connectivity index (χ0n) is 18.7. The molecule has 0 saturated carbocycles. The summed E-state index contributed by atoms with van der Waals surface area (Å²) in [6, 6.07) is 22.2. The predicted molar refractivity (Wildman–Crippen MR) is 125 cm³/mol. The molecule has 1 amide bonds. The molecule has 0 saturated heterocycles. The van der Waals surface area contributed by atoms with E-state index < -0.39 is 11.5 Å². The van der Waals surface area contributed by atoms with Gasteiger partial charge in [-0.1, -0.05) is 48.0 Å². The number of methoxy groups -OCH3 is 1. The number of benzene rings is 3. The van der Waals surface area contributed by atoms with Crippen LogP contribution in [0, 0.1) is 13.8 Å². The summed E-state index contributed by atoms with van der Waals surface area (Å²) < 4.78 is 11.1. The summed E-state index contributed by atoms with van der Waals surface area (Å²) in [6.07, 6.45) is 0. The maximum atomic E-state index is 13.6. The molecular formula is C27H24N2O4. The van der Waals surface area contributed by atoms with E-state index in [1.165, 1.54) is 0 Å². The molecule has 6 nitrogen and oxygen atoms in total. The number of amides is 1. The number of oxazole rings is 1. The lowest BCUT2D eigenvalue weighted by molar-refractivity contribution is -0.132. The van der Waals surface area contributed by atoms with Crippen LogP contribution in [0.1, 0.15) is 28.1 Å². The Bertz CT molecular complexity index is 1330. The van der Waals surface area contributed by atoms with Crippen LogP contribution >= 0.6 is 0 Å². The number of fused-ring (bicyclic) bond motifs is 1. The first-order chi connectivity index (χ1) is 15.9. The van der Waals surface area contributed by atoms with Gasteiger partial charge in [0.25, 0.3) is 5.91 Å². The first-order valence-electron chi connectivity index (χ1n) is 10.7. The van der Waals surface area contributed by atoms with Crippen molar-refractivity contribution < 1.29 is 19.1 Å². The number of aromatic nitrogens is 1. The predicted octanol–water partition coefficient (Wildman–Crippen LogP) is 4.75. The highest BCUT2D eigenvalue weighted by atomic mass is 16.5. The summed E-state index contributed by atoms with van der Waals surface area (Å²) in [6.45, 7) is 3.99. The lowest BCUT2D eigenvalue weighted by Gasteiger charge is -2.23. The van der Waals surface area contributed by atoms with Gasteiger partial charge in [0.2, 0.25) is 5.89 Å². The van der Waals surface area contributed by atoms with E-state index in [-0.39, 0.29) is 6.54 Å². The molecular weight excluding hydrogens is 416 g/mol. The lowest BCUT2D eigenvalue weighted by atomic mass is 9.87. The van der Waals surface area contributed by atoms with Crippen LogP contribution < -0.4 is 9.64 Å². The number of ether oxygens (including phenoxy) is 1. The summed E-state index contributed by atoms with van der Waals surface area (Å²) in [7, 11) is 1.62. The van der Waals surface area contributed by atoms with Crippen LogP contribution in [-0.2, 0) is 16.9 Å². The fraction of sp³-hybridized carbons (Fsp3) is 0.185. The van der Waals surface area contributed by atoms with Crippen molar-refractivity contribution in [3.8, 4) is 17.2 Å². The second kappa shape index (κ2) is 7.90. The standard InChI is InChI=1S/C27H24N2O4/c1-17-8-12-20(13-9-17)27(31)22-6-4-5-7-24(22)29(26(27)30)16-23-18(2)33-25(28-23)19-10-14-21(32-3)15-11-19/h4-15,31H,16H2,1-3H3/t27-/m1/s1. The quantitative estimate of drug-likeness (QED) is 0.485. The highest BCUT2D eigenvalue weighted by Crippen LogP contribution is 2.45. The molecule has 4 aromatic rings. The van der Waals surface area contributed by atoms with E-state index in [2.05, 4.69) is 4.98 Å². The van der Waals surface area contributed by atoms with E-state index in [1.54, 1.807) is 30.2 Å². The molecule has 1 N–H and O–H groups in total. The summed E-state index contributed by atoms with van der Waals surface area (Å²) in [4.78, 5) is 19.9. The van der Waals surface area contributed by atoms with Gasteiger partial charge in [-0.25, -0.2) is 4.98 Å². The molecule has 0 radical (unpaired) electrons. The van der Waals surface area contributed by atoms with E-state index in [1.807, 2.05) is 68.4 Å². The minimum absolute atomic E-state index is 0.190. The van der Waals surface area contributed by atoms with Crippen LogP contribution in [0.2, 0.25) is 0 Å². The van der Waals surface area contributed by atoms with Crippen LogP contribution in [0.4, 0.5) is 5.69 Å². The van der Waals surface area contributed by atoms with Gasteiger partial charge in [0.1, 0.15) is 17.2 Å². The Balaban J connectivity index is 1.51. The number of carbonyl (C=O) groups excluding carboxylic acids is 1. The lowest BCUT2D eigenvalue weighted by Crippen LogP contribution is -2.41. The Morgan fingerprint density at radius 2 is 1.70 bits per heavy atom. The van der Waals surface area contributed by atoms with Crippen molar-refractivity contribution in [3.05, 3.63) is 101 Å². The van der Waals surface area contributed by atoms with Gasteiger partial charge in [0.05, 0.1) is 19.3 Å². The molecule has 0 fully saturated rings. The average Bonchev–Trinajstić information content (AvgIpc) is 3.31. The van der Waals surface area contributed by atoms with Crippen molar-refractivity contribution in [2.24, 2.45) is 0 Å². The fourth-order valence-electron chi connectivity index (χ4n) is 4.25. The van der Waals surface area contributed by atoms with Crippen molar-refractivity contribution in [2.75, 3.05) is 12.0 Å². The molecule has 1 aliphatic rings. The van der Waals surface area contributed by atoms with Gasteiger partial charge in [-0.2, -0.15) is 0 Å². The molecule has 0 unspecified atom stereocenters. The topological polar surface area (TPSA) is 75.8 Å². The minimum atomic E-state index is -1.75. The minimum Gasteiger partial charge on any atom is -0.497 e. The van der Waals surface area contributed by atoms with Gasteiger partial charge in [0.15, 0.2) is 5.60 Å². The molecule has 1 atom stereocenters. The van der Waals surface area contributed by atoms with Gasteiger partial charge in [-0.05, 0) is 49.7 Å². The zero-order valence-corrected chi connectivity index (χ0v) is 18.7. The van der Waals surface area contributed by atoms with E-state index in [0.717, 1.165) is 16.9 Å². The largest absolute Gasteiger partial charge is 0.497 e. The Labute approximate surface area is 192 Å². The van der Waals surface area contributed by atoms with Gasteiger partial charge in [-0.15, -0.1) is 0 Å². The van der Waals surface area contributed by atoms with Crippen molar-refractivity contribution in [1.82, 2.24) is 4.98 Å². The Morgan fingerprint density at radius 3 is 2.39 bits per heavy atom. The molecule has 0 aliphatic carbocycles. The Hall–Kier alpha value is -3.90. The van der Waals surface area contributed by atoms with Crippen LogP contribution in [0.3, 0.4) is 0 Å². The SMILES string of the molecule is COc1ccc(-c2nc(CN3C(=O)[C@@](O)(c4ccc(C)cc4)c4ccccc43)c(C)o2)cc1. The molecule has 166 valence electrons. The van der Waals surface area contributed by atoms with Crippen LogP contribution in [-0.4, -0.2) is 23.1 Å². The number of nitrogens with zero attached hydrogens (tertiary/aromatic N) is 2. The van der Waals surface area contributed by atoms with Crippen LogP contribution in [0.15, 0.2) is 77.2 Å². The monoisotopic (exact) mass is 440 g/mol. The number of rotatable bonds is 5. The summed E-state index contributed by atoms with van der Waals surface area (Å²) >= 11 is 0. The van der Waals surface area contributed by atoms with E-state index in [0.29, 0.717) is 34.2 Å². The first-order valence-corrected chi connectivity index (χ1v) is 10.7. The Kier molecular flexibility index (Phi) is 5.02. The number of carbonyl (C=O) groups is 1. The summed E-state index contributed by atoms with van der Waals surface area (Å²) in [5.74, 6) is 1.44. The maximum absolute atomic E-state index is 13.6. The molecule has 5 rings (SSSR count). The number of anilines is 1. The third-order valence-corrected chi connectivity index (χ3v) is 6.15. The molecule has 2 heterocycles. The molecule has 33 heavy (non-hydrogen) atoms. The number of aryl methyl sites for hydroxylation is 2. The highest BCUT2D eigenvalue weighted by Gasteiger charge is 2.51. The van der Waals surface area contributed by atoms with Gasteiger partial charge in [0, 0.05) is 11.1 Å². The number of para-hydroxylation sites is 1. The van der Waals surface area contributed by atoms with Gasteiger partial charge in [-0.3, -0.25) is 4.79 Å². The zero-order chi connectivity index (χ0) is 23.2. The molecule has 0 spiro atoms.